The standard InChI is InChI=1S/C28H30ClN5O2.C22H26BrN5O.C6H5ClO/c1-18-14-20(6-11-23(18)26(35)15-19-4-5-19)25-17-31-28-24(30-12-13-33(2)3)16-27(32-34(25)28)36-22-9-7-21(29)8-10-22;1-14-10-16(6-7-17(14)20(29)11-15-4-5-15)19-13-25-22-18(24-8-9-27(2)3)12-21(23)26-28(19)22;7-5-1-3-6(8)4-2-5/h6-11,14,16-17,19,30H,4-5,12-13,15H2,1-3H3;6-7,10,12-13,15,24H,4-5,8-9,11H2,1-3H3;1-4,8H. The van der Waals surface area contributed by atoms with Crippen LogP contribution in [0.1, 0.15) is 70.4 Å². The van der Waals surface area contributed by atoms with Gasteiger partial charge < -0.3 is 30.3 Å². The number of nitrogens with zero attached hydrogens (tertiary/aromatic N) is 8. The zero-order valence-electron chi connectivity index (χ0n) is 42.0. The molecule has 4 heterocycles. The lowest BCUT2D eigenvalue weighted by Gasteiger charge is -2.14. The van der Waals surface area contributed by atoms with Crippen molar-refractivity contribution in [2.45, 2.75) is 52.4 Å². The molecule has 2 aliphatic rings. The second-order valence-corrected chi connectivity index (χ2v) is 20.9. The Morgan fingerprint density at radius 3 is 1.55 bits per heavy atom. The number of ketones is 2. The van der Waals surface area contributed by atoms with Gasteiger partial charge in [-0.25, -0.2) is 19.0 Å². The summed E-state index contributed by atoms with van der Waals surface area (Å²) in [5.74, 6) is 2.96. The van der Waals surface area contributed by atoms with Crippen molar-refractivity contribution in [1.29, 1.82) is 0 Å². The third kappa shape index (κ3) is 14.4. The molecule has 0 bridgehead atoms. The fourth-order valence-electron chi connectivity index (χ4n) is 8.14. The summed E-state index contributed by atoms with van der Waals surface area (Å²) < 4.78 is 10.5. The molecule has 3 N–H and O–H groups in total. The number of hydrogen-bond donors (Lipinski definition) is 3. The van der Waals surface area contributed by atoms with Crippen molar-refractivity contribution >= 4 is 73.4 Å². The summed E-state index contributed by atoms with van der Waals surface area (Å²) in [6.07, 6.45) is 9.69. The molecule has 380 valence electrons. The molecule has 8 aromatic rings. The topological polar surface area (TPSA) is 155 Å². The minimum atomic E-state index is 0.226. The number of phenols is 1. The number of Topliss-reactive ketones (excluding diaryl/α,β-unsaturated/α-hetero) is 2. The Morgan fingerprint density at radius 2 is 1.11 bits per heavy atom. The Kier molecular flexibility index (Phi) is 17.5. The third-order valence-corrected chi connectivity index (χ3v) is 13.4. The lowest BCUT2D eigenvalue weighted by atomic mass is 9.98. The van der Waals surface area contributed by atoms with Gasteiger partial charge in [-0.15, -0.1) is 5.10 Å². The van der Waals surface area contributed by atoms with Crippen LogP contribution in [0.4, 0.5) is 11.4 Å². The normalized spacial score (nSPS) is 13.1. The zero-order valence-corrected chi connectivity index (χ0v) is 45.1. The number of nitrogens with one attached hydrogen (secondary N) is 2. The van der Waals surface area contributed by atoms with E-state index in [1.807, 2.05) is 99.4 Å². The van der Waals surface area contributed by atoms with Crippen molar-refractivity contribution in [2.24, 2.45) is 11.8 Å². The molecule has 14 nitrogen and oxygen atoms in total. The molecule has 0 unspecified atom stereocenters. The predicted molar refractivity (Wildman–Crippen MR) is 296 cm³/mol. The van der Waals surface area contributed by atoms with Crippen LogP contribution >= 0.6 is 39.1 Å². The second-order valence-electron chi connectivity index (χ2n) is 19.2. The summed E-state index contributed by atoms with van der Waals surface area (Å²) in [6.45, 7) is 7.35. The number of ether oxygens (including phenoxy) is 1. The van der Waals surface area contributed by atoms with Crippen molar-refractivity contribution in [3.8, 4) is 39.9 Å². The van der Waals surface area contributed by atoms with E-state index in [4.69, 9.17) is 38.1 Å². The molecule has 2 fully saturated rings. The minimum Gasteiger partial charge on any atom is -0.508 e. The van der Waals surface area contributed by atoms with Crippen LogP contribution in [0.25, 0.3) is 33.8 Å². The number of carbonyl (C=O) groups is 2. The van der Waals surface area contributed by atoms with E-state index in [2.05, 4.69) is 71.6 Å². The minimum absolute atomic E-state index is 0.226. The van der Waals surface area contributed by atoms with Gasteiger partial charge in [-0.1, -0.05) is 47.5 Å². The van der Waals surface area contributed by atoms with Gasteiger partial charge in [0.1, 0.15) is 16.1 Å². The van der Waals surface area contributed by atoms with Crippen molar-refractivity contribution in [3.05, 3.63) is 146 Å². The largest absolute Gasteiger partial charge is 0.508 e. The number of halogens is 3. The average molecular weight is 1090 g/mol. The maximum Gasteiger partial charge on any atom is 0.239 e. The second kappa shape index (κ2) is 24.1. The van der Waals surface area contributed by atoms with Crippen LogP contribution in [0.3, 0.4) is 0 Å². The highest BCUT2D eigenvalue weighted by molar-refractivity contribution is 9.10. The smallest absolute Gasteiger partial charge is 0.239 e. The summed E-state index contributed by atoms with van der Waals surface area (Å²) in [4.78, 5) is 38.7. The molecular formula is C56H61BrCl2N10O4. The number of aromatic hydroxyl groups is 1. The number of aryl methyl sites for hydroxylation is 2. The first-order chi connectivity index (χ1) is 35.1. The Hall–Kier alpha value is -6.36. The highest BCUT2D eigenvalue weighted by Crippen LogP contribution is 2.36. The number of benzene rings is 4. The Bertz CT molecular complexity index is 3180. The van der Waals surface area contributed by atoms with Crippen LogP contribution in [0.15, 0.2) is 114 Å². The van der Waals surface area contributed by atoms with Gasteiger partial charge in [-0.2, -0.15) is 5.10 Å². The predicted octanol–water partition coefficient (Wildman–Crippen LogP) is 12.6. The molecule has 4 aromatic carbocycles. The number of imidazole rings is 2. The Morgan fingerprint density at radius 1 is 0.658 bits per heavy atom. The van der Waals surface area contributed by atoms with E-state index < -0.39 is 0 Å². The number of hydrogen-bond acceptors (Lipinski definition) is 12. The number of fused-ring (bicyclic) bond motifs is 2. The van der Waals surface area contributed by atoms with Crippen molar-refractivity contribution in [2.75, 3.05) is 65.0 Å². The first kappa shape index (κ1) is 52.9. The summed E-state index contributed by atoms with van der Waals surface area (Å²) in [5.41, 5.74) is 10.5. The number of carbonyl (C=O) groups excluding carboxylic acids is 2. The summed E-state index contributed by atoms with van der Waals surface area (Å²) in [7, 11) is 8.17. The molecule has 0 atom stereocenters. The monoisotopic (exact) mass is 1090 g/mol. The number of rotatable bonds is 18. The van der Waals surface area contributed by atoms with Crippen molar-refractivity contribution < 1.29 is 19.4 Å². The van der Waals surface area contributed by atoms with Crippen LogP contribution < -0.4 is 15.4 Å². The van der Waals surface area contributed by atoms with E-state index in [0.29, 0.717) is 52.0 Å². The maximum atomic E-state index is 12.7. The number of aromatic nitrogens is 6. The fourth-order valence-corrected chi connectivity index (χ4v) is 8.78. The van der Waals surface area contributed by atoms with Crippen LogP contribution in [-0.2, 0) is 0 Å². The third-order valence-electron chi connectivity index (χ3n) is 12.5. The van der Waals surface area contributed by atoms with Gasteiger partial charge in [-0.3, -0.25) is 9.59 Å². The van der Waals surface area contributed by atoms with Gasteiger partial charge in [0, 0.05) is 77.4 Å². The molecule has 2 saturated carbocycles. The fraction of sp³-hybridized carbons (Fsp3) is 0.321. The maximum absolute atomic E-state index is 12.7. The number of phenolic OH excluding ortho intramolecular Hbond substituents is 1. The number of anilines is 2. The van der Waals surface area contributed by atoms with Gasteiger partial charge >= 0.3 is 0 Å². The van der Waals surface area contributed by atoms with E-state index >= 15 is 0 Å². The van der Waals surface area contributed by atoms with E-state index in [9.17, 15) is 9.59 Å². The van der Waals surface area contributed by atoms with Crippen molar-refractivity contribution in [1.82, 2.24) is 39.0 Å². The van der Waals surface area contributed by atoms with E-state index in [-0.39, 0.29) is 17.3 Å². The number of likely N-dealkylation sites (N-methyl/N-ethyl adjacent to an activating group) is 2. The molecule has 0 aliphatic heterocycles. The summed E-state index contributed by atoms with van der Waals surface area (Å²) >= 11 is 15.0. The Labute approximate surface area is 444 Å². The van der Waals surface area contributed by atoms with Crippen LogP contribution in [0.5, 0.6) is 17.4 Å². The quantitative estimate of drug-likeness (QED) is 0.0701. The van der Waals surface area contributed by atoms with Gasteiger partial charge in [0.05, 0.1) is 35.2 Å². The lowest BCUT2D eigenvalue weighted by molar-refractivity contribution is 0.0967. The molecule has 0 spiro atoms. The molecule has 2 aliphatic carbocycles. The highest BCUT2D eigenvalue weighted by atomic mass is 79.9. The Balaban J connectivity index is 0.000000172. The average Bonchev–Trinajstić information content (AvgIpc) is 4.27. The van der Waals surface area contributed by atoms with Crippen LogP contribution in [-0.4, -0.2) is 110 Å². The molecule has 10 rings (SSSR count). The van der Waals surface area contributed by atoms with E-state index in [0.717, 1.165) is 92.6 Å². The molecule has 73 heavy (non-hydrogen) atoms. The molecule has 0 radical (unpaired) electrons. The summed E-state index contributed by atoms with van der Waals surface area (Å²) in [5, 5.41) is 26.2. The van der Waals surface area contributed by atoms with Crippen molar-refractivity contribution in [3.63, 3.8) is 0 Å². The van der Waals surface area contributed by atoms with E-state index in [1.54, 1.807) is 40.9 Å². The first-order valence-corrected chi connectivity index (χ1v) is 26.0. The molecular weight excluding hydrogens is 1030 g/mol. The van der Waals surface area contributed by atoms with E-state index in [1.165, 1.54) is 25.7 Å². The van der Waals surface area contributed by atoms with Crippen LogP contribution in [0, 0.1) is 25.7 Å². The molecule has 0 amide bonds. The van der Waals surface area contributed by atoms with Gasteiger partial charge in [0.25, 0.3) is 0 Å². The SMILES string of the molecule is Cc1cc(-c2cnc3c(NCCN(C)C)cc(Br)nn23)ccc1C(=O)CC1CC1.Cc1cc(-c2cnc3c(NCCN(C)C)cc(Oc4ccc(Cl)cc4)nn23)ccc1C(=O)CC1CC1.Oc1ccc(Cl)cc1. The van der Waals surface area contributed by atoms with Gasteiger partial charge in [0.2, 0.25) is 5.88 Å². The summed E-state index contributed by atoms with van der Waals surface area (Å²) in [6, 6.07) is 29.3. The molecule has 17 heteroatoms. The lowest BCUT2D eigenvalue weighted by Crippen LogP contribution is -2.21. The van der Waals surface area contributed by atoms with Crippen LogP contribution in [0.2, 0.25) is 10.0 Å². The highest BCUT2D eigenvalue weighted by Gasteiger charge is 2.27. The molecule has 0 saturated heterocycles. The van der Waals surface area contributed by atoms with Gasteiger partial charge in [0.15, 0.2) is 22.9 Å². The molecule has 4 aromatic heterocycles. The van der Waals surface area contributed by atoms with Gasteiger partial charge in [-0.05, 0) is 173 Å². The zero-order chi connectivity index (χ0) is 51.8. The first-order valence-electron chi connectivity index (χ1n) is 24.4.